The summed E-state index contributed by atoms with van der Waals surface area (Å²) >= 11 is 0. The number of urea groups is 1. The fraction of sp³-hybridized carbons (Fsp3) is 0.438. The van der Waals surface area contributed by atoms with Gasteiger partial charge in [-0.15, -0.1) is 0 Å². The van der Waals surface area contributed by atoms with Crippen molar-refractivity contribution in [3.8, 4) is 22.8 Å². The van der Waals surface area contributed by atoms with Crippen molar-refractivity contribution in [3.05, 3.63) is 66.5 Å². The van der Waals surface area contributed by atoms with Gasteiger partial charge in [0.15, 0.2) is 0 Å². The summed E-state index contributed by atoms with van der Waals surface area (Å²) in [5.41, 5.74) is 2.31. The number of pyridine rings is 2. The zero-order valence-corrected chi connectivity index (χ0v) is 23.7. The van der Waals surface area contributed by atoms with Gasteiger partial charge in [0.05, 0.1) is 17.3 Å². The number of aromatic nitrogens is 2. The monoisotopic (exact) mass is 575 g/mol. The van der Waals surface area contributed by atoms with Crippen LogP contribution in [0.15, 0.2) is 60.9 Å². The van der Waals surface area contributed by atoms with E-state index < -0.39 is 17.4 Å². The lowest BCUT2D eigenvalue weighted by Crippen LogP contribution is -2.43. The van der Waals surface area contributed by atoms with Gasteiger partial charge in [-0.25, -0.2) is 18.6 Å². The molecule has 1 saturated carbocycles. The molecule has 1 N–H and O–H groups in total. The van der Waals surface area contributed by atoms with E-state index in [9.17, 15) is 18.4 Å². The molecule has 0 atom stereocenters. The van der Waals surface area contributed by atoms with E-state index in [4.69, 9.17) is 4.74 Å². The molecule has 10 heteroatoms. The van der Waals surface area contributed by atoms with E-state index in [0.29, 0.717) is 23.8 Å². The predicted molar refractivity (Wildman–Crippen MR) is 155 cm³/mol. The fourth-order valence-electron chi connectivity index (χ4n) is 6.30. The molecule has 3 fully saturated rings. The summed E-state index contributed by atoms with van der Waals surface area (Å²) in [6, 6.07) is 14.9. The molecule has 2 saturated heterocycles. The molecule has 2 aliphatic heterocycles. The predicted octanol–water partition coefficient (Wildman–Crippen LogP) is 6.71. The van der Waals surface area contributed by atoms with Crippen molar-refractivity contribution in [2.24, 2.45) is 5.41 Å². The molecule has 0 bridgehead atoms. The van der Waals surface area contributed by atoms with Crippen LogP contribution >= 0.6 is 0 Å². The Balaban J connectivity index is 1.05. The summed E-state index contributed by atoms with van der Waals surface area (Å²) in [6.07, 6.45) is 5.52. The number of piperidine rings is 1. The maximum absolute atomic E-state index is 13.6. The van der Waals surface area contributed by atoms with E-state index in [-0.39, 0.29) is 44.0 Å². The Hall–Kier alpha value is -3.92. The molecule has 3 amide bonds. The Labute approximate surface area is 244 Å². The van der Waals surface area contributed by atoms with Crippen LogP contribution in [0.4, 0.5) is 19.4 Å². The molecule has 8 nitrogen and oxygen atoms in total. The van der Waals surface area contributed by atoms with Crippen molar-refractivity contribution in [1.29, 1.82) is 0 Å². The minimum Gasteiger partial charge on any atom is -0.456 e. The SMILES string of the molecule is CN1CCC(c2ccc(-c3cc(Oc4ccc(NC(=O)N5CCC6(CCC(F)(F)CC6)C5=O)nc4)ccn3)cc2)CC1. The first-order valence-corrected chi connectivity index (χ1v) is 14.6. The van der Waals surface area contributed by atoms with Crippen LogP contribution in [0.2, 0.25) is 0 Å². The Morgan fingerprint density at radius 2 is 1.67 bits per heavy atom. The third kappa shape index (κ3) is 5.99. The summed E-state index contributed by atoms with van der Waals surface area (Å²) in [5.74, 6) is -1.17. The summed E-state index contributed by atoms with van der Waals surface area (Å²) in [7, 11) is 2.17. The molecule has 2 aromatic heterocycles. The number of hydrogen-bond donors (Lipinski definition) is 1. The highest BCUT2D eigenvalue weighted by atomic mass is 19.3. The molecule has 3 aliphatic rings. The molecule has 0 unspecified atom stereocenters. The average Bonchev–Trinajstić information content (AvgIpc) is 3.32. The maximum Gasteiger partial charge on any atom is 0.329 e. The molecule has 220 valence electrons. The number of carbonyl (C=O) groups is 2. The highest BCUT2D eigenvalue weighted by Gasteiger charge is 2.53. The second kappa shape index (κ2) is 11.4. The molecule has 1 spiro atoms. The Morgan fingerprint density at radius 3 is 2.36 bits per heavy atom. The third-order valence-corrected chi connectivity index (χ3v) is 9.03. The van der Waals surface area contributed by atoms with Crippen LogP contribution in [-0.2, 0) is 4.79 Å². The number of anilines is 1. The van der Waals surface area contributed by atoms with Gasteiger partial charge >= 0.3 is 6.03 Å². The second-order valence-electron chi connectivity index (χ2n) is 11.8. The Bertz CT molecular complexity index is 1430. The number of halogens is 2. The zero-order valence-electron chi connectivity index (χ0n) is 23.7. The topological polar surface area (TPSA) is 87.7 Å². The van der Waals surface area contributed by atoms with Gasteiger partial charge in [-0.2, -0.15) is 0 Å². The van der Waals surface area contributed by atoms with E-state index in [1.165, 1.54) is 24.6 Å². The molecule has 1 aromatic carbocycles. The van der Waals surface area contributed by atoms with Crippen molar-refractivity contribution in [1.82, 2.24) is 19.8 Å². The first kappa shape index (κ1) is 28.2. The number of ether oxygens (including phenoxy) is 1. The van der Waals surface area contributed by atoms with Gasteiger partial charge in [-0.1, -0.05) is 24.3 Å². The lowest BCUT2D eigenvalue weighted by Gasteiger charge is -2.35. The van der Waals surface area contributed by atoms with Crippen molar-refractivity contribution in [2.45, 2.75) is 56.8 Å². The summed E-state index contributed by atoms with van der Waals surface area (Å²) in [4.78, 5) is 38.1. The molecular weight excluding hydrogens is 540 g/mol. The normalized spacial score (nSPS) is 20.5. The van der Waals surface area contributed by atoms with Gasteiger partial charge in [-0.05, 0) is 81.9 Å². The van der Waals surface area contributed by atoms with Gasteiger partial charge in [-0.3, -0.25) is 20.0 Å². The number of carbonyl (C=O) groups excluding carboxylic acids is 2. The van der Waals surface area contributed by atoms with E-state index >= 15 is 0 Å². The number of nitrogens with one attached hydrogen (secondary N) is 1. The summed E-state index contributed by atoms with van der Waals surface area (Å²) in [5, 5.41) is 2.64. The third-order valence-electron chi connectivity index (χ3n) is 9.03. The fourth-order valence-corrected chi connectivity index (χ4v) is 6.30. The summed E-state index contributed by atoms with van der Waals surface area (Å²) < 4.78 is 33.3. The largest absolute Gasteiger partial charge is 0.456 e. The minimum absolute atomic E-state index is 0.105. The minimum atomic E-state index is -2.73. The van der Waals surface area contributed by atoms with Crippen LogP contribution in [0.3, 0.4) is 0 Å². The molecule has 3 aromatic rings. The lowest BCUT2D eigenvalue weighted by atomic mass is 9.72. The molecule has 4 heterocycles. The maximum atomic E-state index is 13.6. The van der Waals surface area contributed by atoms with E-state index in [2.05, 4.69) is 51.5 Å². The summed E-state index contributed by atoms with van der Waals surface area (Å²) in [6.45, 7) is 2.46. The molecule has 6 rings (SSSR count). The van der Waals surface area contributed by atoms with Crippen molar-refractivity contribution < 1.29 is 23.1 Å². The Kier molecular flexibility index (Phi) is 7.66. The molecule has 42 heavy (non-hydrogen) atoms. The smallest absolute Gasteiger partial charge is 0.329 e. The van der Waals surface area contributed by atoms with Crippen LogP contribution < -0.4 is 10.1 Å². The van der Waals surface area contributed by atoms with Crippen molar-refractivity contribution in [3.63, 3.8) is 0 Å². The van der Waals surface area contributed by atoms with Crippen LogP contribution in [0, 0.1) is 5.41 Å². The molecule has 0 radical (unpaired) electrons. The van der Waals surface area contributed by atoms with Crippen molar-refractivity contribution >= 4 is 17.8 Å². The van der Waals surface area contributed by atoms with Crippen LogP contribution in [-0.4, -0.2) is 64.3 Å². The van der Waals surface area contributed by atoms with Crippen LogP contribution in [0.5, 0.6) is 11.5 Å². The van der Waals surface area contributed by atoms with Gasteiger partial charge in [0.2, 0.25) is 11.8 Å². The van der Waals surface area contributed by atoms with E-state index in [1.54, 1.807) is 24.4 Å². The number of rotatable bonds is 5. The average molecular weight is 576 g/mol. The van der Waals surface area contributed by atoms with Gasteiger partial charge in [0.1, 0.15) is 17.3 Å². The number of imide groups is 1. The molecule has 1 aliphatic carbocycles. The number of nitrogens with zero attached hydrogens (tertiary/aromatic N) is 4. The van der Waals surface area contributed by atoms with Crippen LogP contribution in [0.25, 0.3) is 11.3 Å². The van der Waals surface area contributed by atoms with Gasteiger partial charge in [0, 0.05) is 37.2 Å². The molecular formula is C32H35F2N5O3. The van der Waals surface area contributed by atoms with Gasteiger partial charge < -0.3 is 9.64 Å². The highest BCUT2D eigenvalue weighted by Crippen LogP contribution is 2.49. The lowest BCUT2D eigenvalue weighted by molar-refractivity contribution is -0.140. The number of benzene rings is 1. The number of hydrogen-bond acceptors (Lipinski definition) is 6. The quantitative estimate of drug-likeness (QED) is 0.364. The standard InChI is InChI=1S/C32H35F2N5O3/c1-38-17-9-23(10-18-38)22-2-4-24(5-3-22)27-20-25(8-16-35-27)42-26-6-7-28(36-21-26)37-30(41)39-19-15-31(29(39)40)11-13-32(33,34)14-12-31/h2-8,16,20-21,23H,9-15,17-19H2,1H3,(H,36,37,41). The first-order valence-electron chi connectivity index (χ1n) is 14.6. The number of amides is 3. The second-order valence-corrected chi connectivity index (χ2v) is 11.8. The highest BCUT2D eigenvalue weighted by molar-refractivity contribution is 6.04. The number of alkyl halides is 2. The van der Waals surface area contributed by atoms with Crippen molar-refractivity contribution in [2.75, 3.05) is 32.0 Å². The number of likely N-dealkylation sites (tertiary alicyclic amines) is 2. The zero-order chi connectivity index (χ0) is 29.3. The van der Waals surface area contributed by atoms with E-state index in [1.807, 2.05) is 6.07 Å². The van der Waals surface area contributed by atoms with E-state index in [0.717, 1.165) is 29.2 Å². The van der Waals surface area contributed by atoms with Crippen LogP contribution in [0.1, 0.15) is 56.4 Å². The Morgan fingerprint density at radius 1 is 0.929 bits per heavy atom. The first-order chi connectivity index (χ1) is 20.2. The van der Waals surface area contributed by atoms with Gasteiger partial charge in [0.25, 0.3) is 0 Å².